The van der Waals surface area contributed by atoms with E-state index in [1.54, 1.807) is 0 Å². The average molecular weight is 733 g/mol. The van der Waals surface area contributed by atoms with Crippen molar-refractivity contribution in [3.8, 4) is 62.1 Å². The van der Waals surface area contributed by atoms with Gasteiger partial charge in [0.15, 0.2) is 17.5 Å². The Morgan fingerprint density at radius 2 is 0.893 bits per heavy atom. The molecule has 0 atom stereocenters. The summed E-state index contributed by atoms with van der Waals surface area (Å²) < 4.78 is 4.83. The van der Waals surface area contributed by atoms with Crippen LogP contribution in [0, 0.1) is 0 Å². The smallest absolute Gasteiger partial charge is 0.164 e. The van der Waals surface area contributed by atoms with Crippen LogP contribution in [0.1, 0.15) is 0 Å². The van der Waals surface area contributed by atoms with Crippen molar-refractivity contribution in [2.75, 3.05) is 0 Å². The van der Waals surface area contributed by atoms with Gasteiger partial charge in [-0.3, -0.25) is 0 Å². The number of hydrogen-bond donors (Lipinski definition) is 0. The van der Waals surface area contributed by atoms with Gasteiger partial charge in [-0.2, -0.15) is 0 Å². The van der Waals surface area contributed by atoms with E-state index in [0.29, 0.717) is 17.5 Å². The maximum absolute atomic E-state index is 5.01. The number of para-hydroxylation sites is 2. The van der Waals surface area contributed by atoms with Crippen molar-refractivity contribution in [2.45, 2.75) is 0 Å². The molecule has 0 spiro atoms. The Hall–Kier alpha value is -7.21. The van der Waals surface area contributed by atoms with E-state index in [0.717, 1.165) is 22.4 Å². The van der Waals surface area contributed by atoms with E-state index in [4.69, 9.17) is 15.0 Å². The third-order valence-electron chi connectivity index (χ3n) is 10.7. The van der Waals surface area contributed by atoms with Gasteiger partial charge in [0, 0.05) is 53.3 Å². The van der Waals surface area contributed by atoms with Gasteiger partial charge in [0.2, 0.25) is 0 Å². The molecule has 0 aliphatic carbocycles. The number of nitrogens with zero attached hydrogens (tertiary/aromatic N) is 4. The van der Waals surface area contributed by atoms with Crippen molar-refractivity contribution in [3.05, 3.63) is 194 Å². The Morgan fingerprint density at radius 3 is 1.62 bits per heavy atom. The van der Waals surface area contributed by atoms with Gasteiger partial charge in [-0.1, -0.05) is 158 Å². The van der Waals surface area contributed by atoms with Gasteiger partial charge in [0.05, 0.1) is 11.0 Å². The van der Waals surface area contributed by atoms with E-state index in [2.05, 4.69) is 138 Å². The Labute approximate surface area is 327 Å². The lowest BCUT2D eigenvalue weighted by Gasteiger charge is -2.13. The first-order chi connectivity index (χ1) is 27.8. The first kappa shape index (κ1) is 32.2. The molecular weight excluding hydrogens is 701 g/mol. The lowest BCUT2D eigenvalue weighted by molar-refractivity contribution is 1.07. The van der Waals surface area contributed by atoms with Crippen LogP contribution >= 0.6 is 11.3 Å². The van der Waals surface area contributed by atoms with Crippen LogP contribution in [0.5, 0.6) is 0 Å². The topological polar surface area (TPSA) is 43.6 Å². The van der Waals surface area contributed by atoms with Crippen LogP contribution in [0.4, 0.5) is 0 Å². The predicted molar refractivity (Wildman–Crippen MR) is 234 cm³/mol. The Balaban J connectivity index is 1.06. The molecule has 0 fully saturated rings. The summed E-state index contributed by atoms with van der Waals surface area (Å²) in [5.41, 5.74) is 11.3. The molecule has 0 aliphatic rings. The fraction of sp³-hybridized carbons (Fsp3) is 0. The first-order valence-corrected chi connectivity index (χ1v) is 19.6. The molecule has 4 nitrogen and oxygen atoms in total. The maximum atomic E-state index is 5.01. The second-order valence-corrected chi connectivity index (χ2v) is 15.1. The molecule has 11 rings (SSSR count). The molecule has 56 heavy (non-hydrogen) atoms. The minimum absolute atomic E-state index is 0.658. The summed E-state index contributed by atoms with van der Waals surface area (Å²) >= 11 is 1.81. The molecule has 0 saturated carbocycles. The van der Waals surface area contributed by atoms with Crippen molar-refractivity contribution in [1.29, 1.82) is 0 Å². The molecule has 5 heteroatoms. The van der Waals surface area contributed by atoms with Gasteiger partial charge in [-0.25, -0.2) is 15.0 Å². The van der Waals surface area contributed by atoms with Crippen LogP contribution in [0.3, 0.4) is 0 Å². The molecule has 0 N–H and O–H groups in total. The van der Waals surface area contributed by atoms with E-state index in [1.165, 1.54) is 64.2 Å². The zero-order chi connectivity index (χ0) is 37.0. The third kappa shape index (κ3) is 5.40. The fourth-order valence-corrected chi connectivity index (χ4v) is 9.26. The average Bonchev–Trinajstić information content (AvgIpc) is 3.82. The lowest BCUT2D eigenvalue weighted by Crippen LogP contribution is -1.99. The molecule has 8 aromatic carbocycles. The maximum Gasteiger partial charge on any atom is 0.164 e. The SMILES string of the molecule is c1ccc(-c2nc(-c3ccccc3)nc(-c3ccc4c(c3)sc3cccc(-c5ccccc5-c5ccc6c7ccccc7n(-c7ccccc7)c6c5)c34)n2)cc1. The number of benzene rings is 8. The standard InChI is InChI=1S/C51H32N4S/c1-4-15-33(16-5-1)49-52-50(34-17-6-2-7-18-34)54-51(53-49)36-28-30-43-47(32-36)56-46-26-14-24-42(48(43)46)39-22-11-10-21-38(39)35-27-29-41-40-23-12-13-25-44(40)55(45(41)31-35)37-19-8-3-9-20-37/h1-32H. The summed E-state index contributed by atoms with van der Waals surface area (Å²) in [5, 5.41) is 4.98. The highest BCUT2D eigenvalue weighted by Crippen LogP contribution is 2.44. The monoisotopic (exact) mass is 732 g/mol. The highest BCUT2D eigenvalue weighted by Gasteiger charge is 2.19. The van der Waals surface area contributed by atoms with E-state index in [9.17, 15) is 0 Å². The van der Waals surface area contributed by atoms with Gasteiger partial charge in [0.25, 0.3) is 0 Å². The second-order valence-electron chi connectivity index (χ2n) is 14.0. The normalized spacial score (nSPS) is 11.6. The Kier molecular flexibility index (Phi) is 7.64. The van der Waals surface area contributed by atoms with E-state index >= 15 is 0 Å². The molecule has 0 amide bonds. The molecule has 262 valence electrons. The number of hydrogen-bond acceptors (Lipinski definition) is 4. The zero-order valence-corrected chi connectivity index (χ0v) is 31.0. The highest BCUT2D eigenvalue weighted by atomic mass is 32.1. The van der Waals surface area contributed by atoms with Crippen LogP contribution in [-0.4, -0.2) is 19.5 Å². The van der Waals surface area contributed by atoms with Crippen molar-refractivity contribution in [3.63, 3.8) is 0 Å². The molecule has 0 aliphatic heterocycles. The minimum Gasteiger partial charge on any atom is -0.309 e. The summed E-state index contributed by atoms with van der Waals surface area (Å²) in [4.78, 5) is 14.9. The lowest BCUT2D eigenvalue weighted by atomic mass is 9.91. The minimum atomic E-state index is 0.658. The molecule has 3 aromatic heterocycles. The fourth-order valence-electron chi connectivity index (χ4n) is 8.09. The molecule has 3 heterocycles. The largest absolute Gasteiger partial charge is 0.309 e. The van der Waals surface area contributed by atoms with Crippen LogP contribution < -0.4 is 0 Å². The van der Waals surface area contributed by atoms with Crippen LogP contribution in [0.2, 0.25) is 0 Å². The van der Waals surface area contributed by atoms with Crippen LogP contribution in [-0.2, 0) is 0 Å². The number of fused-ring (bicyclic) bond motifs is 6. The summed E-state index contributed by atoms with van der Waals surface area (Å²) in [6.45, 7) is 0. The van der Waals surface area contributed by atoms with Gasteiger partial charge in [-0.05, 0) is 58.7 Å². The van der Waals surface area contributed by atoms with Crippen molar-refractivity contribution >= 4 is 53.3 Å². The Morgan fingerprint density at radius 1 is 0.339 bits per heavy atom. The van der Waals surface area contributed by atoms with Crippen molar-refractivity contribution in [1.82, 2.24) is 19.5 Å². The third-order valence-corrected chi connectivity index (χ3v) is 11.8. The van der Waals surface area contributed by atoms with E-state index in [1.807, 2.05) is 72.0 Å². The molecular formula is C51H32N4S. The first-order valence-electron chi connectivity index (χ1n) is 18.8. The van der Waals surface area contributed by atoms with Crippen molar-refractivity contribution < 1.29 is 0 Å². The molecule has 0 bridgehead atoms. The quantitative estimate of drug-likeness (QED) is 0.171. The summed E-state index contributed by atoms with van der Waals surface area (Å²) in [6.07, 6.45) is 0. The molecule has 0 unspecified atom stereocenters. The molecule has 11 aromatic rings. The Bertz CT molecular complexity index is 3180. The molecule has 0 saturated heterocycles. The van der Waals surface area contributed by atoms with Gasteiger partial charge < -0.3 is 4.57 Å². The number of aromatic nitrogens is 4. The predicted octanol–water partition coefficient (Wildman–Crippen LogP) is 13.7. The van der Waals surface area contributed by atoms with E-state index < -0.39 is 0 Å². The molecule has 0 radical (unpaired) electrons. The highest BCUT2D eigenvalue weighted by molar-refractivity contribution is 7.26. The number of rotatable bonds is 6. The van der Waals surface area contributed by atoms with Crippen LogP contribution in [0.25, 0.3) is 104 Å². The van der Waals surface area contributed by atoms with Crippen LogP contribution in [0.15, 0.2) is 194 Å². The number of thiophene rings is 1. The van der Waals surface area contributed by atoms with Gasteiger partial charge in [-0.15, -0.1) is 11.3 Å². The summed E-state index contributed by atoms with van der Waals surface area (Å²) in [7, 11) is 0. The van der Waals surface area contributed by atoms with Gasteiger partial charge >= 0.3 is 0 Å². The summed E-state index contributed by atoms with van der Waals surface area (Å²) in [5.74, 6) is 1.98. The summed E-state index contributed by atoms with van der Waals surface area (Å²) in [6, 6.07) is 68.7. The second kappa shape index (κ2) is 13.3. The van der Waals surface area contributed by atoms with Crippen molar-refractivity contribution in [2.24, 2.45) is 0 Å². The zero-order valence-electron chi connectivity index (χ0n) is 30.2. The van der Waals surface area contributed by atoms with E-state index in [-0.39, 0.29) is 0 Å². The van der Waals surface area contributed by atoms with Gasteiger partial charge in [0.1, 0.15) is 0 Å².